The number of ketones is 1. The van der Waals surface area contributed by atoms with Gasteiger partial charge in [-0.05, 0) is 58.2 Å². The summed E-state index contributed by atoms with van der Waals surface area (Å²) in [6.45, 7) is 6.09. The van der Waals surface area contributed by atoms with E-state index in [2.05, 4.69) is 30.9 Å². The van der Waals surface area contributed by atoms with E-state index in [1.807, 2.05) is 14.1 Å². The van der Waals surface area contributed by atoms with Crippen LogP contribution >= 0.6 is 0 Å². The van der Waals surface area contributed by atoms with Crippen LogP contribution in [0, 0.1) is 0 Å². The van der Waals surface area contributed by atoms with Crippen molar-refractivity contribution in [3.8, 4) is 5.75 Å². The molecule has 1 saturated heterocycles. The molecule has 17 nitrogen and oxygen atoms in total. The molecule has 4 rings (SSSR count). The number of Topliss-reactive ketones (excluding diaryl/α,β-unsaturated/α-hetero) is 1. The normalized spacial score (nSPS) is 19.6. The Balaban J connectivity index is 1.57. The Labute approximate surface area is 308 Å². The number of anilines is 1. The van der Waals surface area contributed by atoms with Gasteiger partial charge in [-0.1, -0.05) is 25.0 Å². The summed E-state index contributed by atoms with van der Waals surface area (Å²) in [7, 11) is 5.15. The van der Waals surface area contributed by atoms with E-state index in [1.54, 1.807) is 49.9 Å². The molecular formula is C36H52N8O9. The average Bonchev–Trinajstić information content (AvgIpc) is 3.66. The standard InChI is InChI=1S/C36H52N8O9/c1-21(46)11-9-8-10-12-24(41-35(50)53-36(2,3)4)32(48)40-25(17-22-13-15-23(51-7)16-14-22)33(49)42-27-26(18-45)52-34(29(27)47)44-20-39-28-30(43(5)6)37-19-38-31(28)44/h13-16,19-20,24-27,29,34,45,47H,8-12,17-18H2,1-7H3,(H,40,48)(H,41,50)(H,42,49)/t24?,25?,26-,27?,29+,34-/m1/s1. The van der Waals surface area contributed by atoms with Gasteiger partial charge in [0.1, 0.15) is 47.8 Å². The average molecular weight is 741 g/mol. The van der Waals surface area contributed by atoms with Gasteiger partial charge in [-0.15, -0.1) is 0 Å². The van der Waals surface area contributed by atoms with Gasteiger partial charge in [-0.3, -0.25) is 14.2 Å². The third kappa shape index (κ3) is 11.1. The summed E-state index contributed by atoms with van der Waals surface area (Å²) in [6, 6.07) is 3.61. The third-order valence-electron chi connectivity index (χ3n) is 8.66. The van der Waals surface area contributed by atoms with Crippen LogP contribution in [0.25, 0.3) is 11.2 Å². The quantitative estimate of drug-likeness (QED) is 0.125. The fourth-order valence-electron chi connectivity index (χ4n) is 6.02. The molecule has 5 N–H and O–H groups in total. The lowest BCUT2D eigenvalue weighted by molar-refractivity contribution is -0.131. The molecule has 0 spiro atoms. The molecule has 1 fully saturated rings. The number of alkyl carbamates (subject to hydrolysis) is 1. The Bertz CT molecular complexity index is 1710. The van der Waals surface area contributed by atoms with Crippen molar-refractivity contribution in [1.82, 2.24) is 35.5 Å². The molecular weight excluding hydrogens is 688 g/mol. The molecule has 3 amide bonds. The van der Waals surface area contributed by atoms with Crippen LogP contribution in [-0.4, -0.2) is 117 Å². The highest BCUT2D eigenvalue weighted by Gasteiger charge is 2.46. The number of aromatic nitrogens is 4. The molecule has 0 radical (unpaired) electrons. The zero-order valence-corrected chi connectivity index (χ0v) is 31.4. The highest BCUT2D eigenvalue weighted by molar-refractivity contribution is 5.91. The Hall–Kier alpha value is -4.87. The van der Waals surface area contributed by atoms with Crippen molar-refractivity contribution in [2.24, 2.45) is 0 Å². The number of carbonyl (C=O) groups excluding carboxylic acids is 4. The largest absolute Gasteiger partial charge is 0.497 e. The van der Waals surface area contributed by atoms with E-state index >= 15 is 0 Å². The Kier molecular flexibility index (Phi) is 14.1. The second kappa shape index (κ2) is 18.3. The van der Waals surface area contributed by atoms with Crippen molar-refractivity contribution in [1.29, 1.82) is 0 Å². The number of rotatable bonds is 17. The molecule has 17 heteroatoms. The summed E-state index contributed by atoms with van der Waals surface area (Å²) in [5.74, 6) is -0.0687. The first kappa shape index (κ1) is 40.9. The van der Waals surface area contributed by atoms with Crippen molar-refractivity contribution in [2.45, 2.75) is 108 Å². The number of ether oxygens (including phenoxy) is 3. The van der Waals surface area contributed by atoms with Gasteiger partial charge in [0.15, 0.2) is 23.2 Å². The van der Waals surface area contributed by atoms with Crippen LogP contribution < -0.4 is 25.6 Å². The van der Waals surface area contributed by atoms with Gasteiger partial charge >= 0.3 is 6.09 Å². The highest BCUT2D eigenvalue weighted by Crippen LogP contribution is 2.32. The van der Waals surface area contributed by atoms with Crippen molar-refractivity contribution < 1.29 is 43.6 Å². The molecule has 3 unspecified atom stereocenters. The second-order valence-corrected chi connectivity index (χ2v) is 14.3. The molecule has 1 aromatic carbocycles. The van der Waals surface area contributed by atoms with Crippen LogP contribution in [-0.2, 0) is 30.3 Å². The fraction of sp³-hybridized carbons (Fsp3) is 0.583. The minimum absolute atomic E-state index is 0.0343. The summed E-state index contributed by atoms with van der Waals surface area (Å²) >= 11 is 0. The van der Waals surface area contributed by atoms with Crippen LogP contribution in [0.4, 0.5) is 10.6 Å². The summed E-state index contributed by atoms with van der Waals surface area (Å²) in [6.07, 6.45) is 1.02. The van der Waals surface area contributed by atoms with Gasteiger partial charge in [0.2, 0.25) is 11.8 Å². The molecule has 0 aliphatic carbocycles. The Morgan fingerprint density at radius 1 is 1.00 bits per heavy atom. The topological polar surface area (TPSA) is 219 Å². The fourth-order valence-corrected chi connectivity index (χ4v) is 6.02. The van der Waals surface area contributed by atoms with Gasteiger partial charge in [-0.25, -0.2) is 19.7 Å². The molecule has 1 aliphatic heterocycles. The molecule has 0 bridgehead atoms. The maximum absolute atomic E-state index is 14.1. The maximum Gasteiger partial charge on any atom is 0.408 e. The lowest BCUT2D eigenvalue weighted by Crippen LogP contribution is -2.58. The number of carbonyl (C=O) groups is 4. The number of methoxy groups -OCH3 is 1. The summed E-state index contributed by atoms with van der Waals surface area (Å²) < 4.78 is 18.2. The van der Waals surface area contributed by atoms with Crippen LogP contribution in [0.5, 0.6) is 5.75 Å². The van der Waals surface area contributed by atoms with E-state index in [1.165, 1.54) is 31.3 Å². The molecule has 6 atom stereocenters. The van der Waals surface area contributed by atoms with Crippen molar-refractivity contribution >= 4 is 40.7 Å². The maximum atomic E-state index is 14.1. The van der Waals surface area contributed by atoms with Crippen LogP contribution in [0.3, 0.4) is 0 Å². The smallest absolute Gasteiger partial charge is 0.408 e. The molecule has 3 heterocycles. The summed E-state index contributed by atoms with van der Waals surface area (Å²) in [5.41, 5.74) is 0.718. The molecule has 1 aliphatic rings. The number of nitrogens with one attached hydrogen (secondary N) is 3. The van der Waals surface area contributed by atoms with Crippen molar-refractivity contribution in [3.05, 3.63) is 42.5 Å². The molecule has 0 saturated carbocycles. The van der Waals surface area contributed by atoms with Crippen LogP contribution in [0.1, 0.15) is 71.6 Å². The SMILES string of the molecule is COc1ccc(CC(NC(=O)C(CCCCCC(C)=O)NC(=O)OC(C)(C)C)C(=O)NC2[C@@H](CO)O[C@@H](n3cnc4c(N(C)C)ncnc43)[C@H]2O)cc1. The summed E-state index contributed by atoms with van der Waals surface area (Å²) in [4.78, 5) is 67.0. The molecule has 290 valence electrons. The molecule has 53 heavy (non-hydrogen) atoms. The number of aliphatic hydroxyl groups is 2. The van der Waals surface area contributed by atoms with E-state index in [-0.39, 0.29) is 18.6 Å². The number of unbranched alkanes of at least 4 members (excludes halogenated alkanes) is 2. The molecule has 3 aromatic rings. The zero-order chi connectivity index (χ0) is 38.9. The monoisotopic (exact) mass is 740 g/mol. The number of nitrogens with zero attached hydrogens (tertiary/aromatic N) is 5. The van der Waals surface area contributed by atoms with Gasteiger partial charge < -0.3 is 50.1 Å². The lowest BCUT2D eigenvalue weighted by atomic mass is 10.0. The highest BCUT2D eigenvalue weighted by atomic mass is 16.6. The minimum atomic E-state index is -1.36. The number of imidazole rings is 1. The van der Waals surface area contributed by atoms with Crippen molar-refractivity contribution in [3.63, 3.8) is 0 Å². The van der Waals surface area contributed by atoms with E-state index in [0.717, 1.165) is 0 Å². The number of benzene rings is 1. The summed E-state index contributed by atoms with van der Waals surface area (Å²) in [5, 5.41) is 30.0. The van der Waals surface area contributed by atoms with Crippen LogP contribution in [0.15, 0.2) is 36.9 Å². The van der Waals surface area contributed by atoms with E-state index in [0.29, 0.717) is 54.0 Å². The second-order valence-electron chi connectivity index (χ2n) is 14.3. The predicted octanol–water partition coefficient (Wildman–Crippen LogP) is 1.80. The first-order valence-corrected chi connectivity index (χ1v) is 17.6. The Morgan fingerprint density at radius 3 is 2.34 bits per heavy atom. The number of aliphatic hydroxyl groups excluding tert-OH is 2. The van der Waals surface area contributed by atoms with E-state index < -0.39 is 66.7 Å². The van der Waals surface area contributed by atoms with Gasteiger partial charge in [-0.2, -0.15) is 0 Å². The van der Waals surface area contributed by atoms with Gasteiger partial charge in [0, 0.05) is 26.9 Å². The number of hydrogen-bond acceptors (Lipinski definition) is 13. The third-order valence-corrected chi connectivity index (χ3v) is 8.66. The number of fused-ring (bicyclic) bond motifs is 1. The Morgan fingerprint density at radius 2 is 1.72 bits per heavy atom. The zero-order valence-electron chi connectivity index (χ0n) is 31.4. The number of amides is 3. The number of hydrogen-bond donors (Lipinski definition) is 5. The minimum Gasteiger partial charge on any atom is -0.497 e. The van der Waals surface area contributed by atoms with Gasteiger partial charge in [0.25, 0.3) is 0 Å². The predicted molar refractivity (Wildman–Crippen MR) is 194 cm³/mol. The van der Waals surface area contributed by atoms with E-state index in [9.17, 15) is 29.4 Å². The van der Waals surface area contributed by atoms with Crippen LogP contribution in [0.2, 0.25) is 0 Å². The molecule has 2 aromatic heterocycles. The first-order chi connectivity index (χ1) is 25.1. The van der Waals surface area contributed by atoms with E-state index in [4.69, 9.17) is 14.2 Å². The first-order valence-electron chi connectivity index (χ1n) is 17.6. The van der Waals surface area contributed by atoms with Gasteiger partial charge in [0.05, 0.1) is 26.1 Å². The lowest BCUT2D eigenvalue weighted by Gasteiger charge is -2.27. The van der Waals surface area contributed by atoms with Crippen molar-refractivity contribution in [2.75, 3.05) is 32.7 Å².